The molecule has 2 N–H and O–H groups in total. The Morgan fingerprint density at radius 3 is 2.53 bits per heavy atom. The Morgan fingerprint density at radius 1 is 1.23 bits per heavy atom. The van der Waals surface area contributed by atoms with Gasteiger partial charge in [-0.3, -0.25) is 14.5 Å². The van der Waals surface area contributed by atoms with E-state index in [1.165, 1.54) is 6.08 Å². The molecule has 1 aromatic heterocycles. The van der Waals surface area contributed by atoms with Gasteiger partial charge in [0.1, 0.15) is 27.6 Å². The molecule has 1 fully saturated rings. The number of benzene rings is 1. The van der Waals surface area contributed by atoms with Gasteiger partial charge in [0.15, 0.2) is 0 Å². The van der Waals surface area contributed by atoms with Crippen molar-refractivity contribution in [3.8, 4) is 17.1 Å². The maximum atomic E-state index is 12.7. The number of furan rings is 1. The molecule has 8 nitrogen and oxygen atoms in total. The minimum atomic E-state index is -1.34. The van der Waals surface area contributed by atoms with Crippen LogP contribution in [0.1, 0.15) is 18.6 Å². The van der Waals surface area contributed by atoms with E-state index in [1.807, 2.05) is 12.1 Å². The number of nitrogens with zero attached hydrogens (tertiary/aromatic N) is 1. The van der Waals surface area contributed by atoms with Crippen molar-refractivity contribution in [3.63, 3.8) is 0 Å². The fraction of sp³-hybridized carbons (Fsp3) is 0.200. The van der Waals surface area contributed by atoms with E-state index in [0.29, 0.717) is 17.3 Å². The van der Waals surface area contributed by atoms with Gasteiger partial charge in [-0.2, -0.15) is 0 Å². The van der Waals surface area contributed by atoms with E-state index in [1.54, 1.807) is 31.4 Å². The molecule has 1 aromatic carbocycles. The standard InChI is InChI=1S/C20H17NO7S2/c1-27-12-4-2-11(3-5-12)15-8-6-13(28-15)10-16-18(24)21(20(29)30-16)14(19(25)26)7-9-17(22)23/h2-6,8,10,14H,7,9H2,1H3,(H,22,23)(H,25,26)/b16-10-/t14-/m1/s1. The van der Waals surface area contributed by atoms with Crippen LogP contribution >= 0.6 is 24.0 Å². The third-order valence-electron chi connectivity index (χ3n) is 4.33. The van der Waals surface area contributed by atoms with Crippen molar-refractivity contribution >= 4 is 52.2 Å². The van der Waals surface area contributed by atoms with Gasteiger partial charge in [-0.05, 0) is 42.8 Å². The lowest BCUT2D eigenvalue weighted by Crippen LogP contribution is -2.44. The molecule has 2 heterocycles. The first-order valence-electron chi connectivity index (χ1n) is 8.76. The molecule has 156 valence electrons. The first-order chi connectivity index (χ1) is 14.3. The molecule has 1 aliphatic heterocycles. The highest BCUT2D eigenvalue weighted by atomic mass is 32.2. The Labute approximate surface area is 181 Å². The molecule has 0 saturated carbocycles. The van der Waals surface area contributed by atoms with Crippen LogP contribution in [0.5, 0.6) is 5.75 Å². The van der Waals surface area contributed by atoms with Crippen LogP contribution in [0.3, 0.4) is 0 Å². The predicted octanol–water partition coefficient (Wildman–Crippen LogP) is 3.47. The fourth-order valence-electron chi connectivity index (χ4n) is 2.84. The fourth-order valence-corrected chi connectivity index (χ4v) is 4.18. The minimum absolute atomic E-state index is 0.0611. The van der Waals surface area contributed by atoms with Crippen LogP contribution in [-0.2, 0) is 14.4 Å². The molecular formula is C20H17NO7S2. The van der Waals surface area contributed by atoms with E-state index in [4.69, 9.17) is 26.5 Å². The largest absolute Gasteiger partial charge is 0.497 e. The topological polar surface area (TPSA) is 117 Å². The number of carboxylic acids is 2. The monoisotopic (exact) mass is 447 g/mol. The number of thiocarbonyl (C=S) groups is 1. The molecule has 1 aliphatic rings. The molecule has 0 unspecified atom stereocenters. The summed E-state index contributed by atoms with van der Waals surface area (Å²) < 4.78 is 11.0. The third kappa shape index (κ3) is 4.71. The molecule has 30 heavy (non-hydrogen) atoms. The molecule has 1 amide bonds. The normalized spacial score (nSPS) is 16.2. The average Bonchev–Trinajstić information content (AvgIpc) is 3.28. The molecule has 0 bridgehead atoms. The van der Waals surface area contributed by atoms with Gasteiger partial charge in [0, 0.05) is 18.1 Å². The first kappa shape index (κ1) is 21.6. The van der Waals surface area contributed by atoms with Crippen molar-refractivity contribution in [1.29, 1.82) is 0 Å². The highest BCUT2D eigenvalue weighted by molar-refractivity contribution is 8.26. The van der Waals surface area contributed by atoms with Crippen molar-refractivity contribution in [2.24, 2.45) is 0 Å². The Bertz CT molecular complexity index is 1030. The molecule has 1 saturated heterocycles. The average molecular weight is 447 g/mol. The summed E-state index contributed by atoms with van der Waals surface area (Å²) in [6.07, 6.45) is 0.853. The number of rotatable bonds is 8. The maximum Gasteiger partial charge on any atom is 0.326 e. The molecule has 10 heteroatoms. The Hall–Kier alpha value is -3.11. The number of thioether (sulfide) groups is 1. The zero-order valence-electron chi connectivity index (χ0n) is 15.7. The zero-order valence-corrected chi connectivity index (χ0v) is 17.4. The summed E-state index contributed by atoms with van der Waals surface area (Å²) in [5.74, 6) is -1.35. The smallest absolute Gasteiger partial charge is 0.326 e. The van der Waals surface area contributed by atoms with Gasteiger partial charge in [-0.1, -0.05) is 24.0 Å². The van der Waals surface area contributed by atoms with Crippen molar-refractivity contribution in [2.75, 3.05) is 7.11 Å². The number of aliphatic carboxylic acids is 2. The van der Waals surface area contributed by atoms with Crippen LogP contribution in [0.2, 0.25) is 0 Å². The van der Waals surface area contributed by atoms with Gasteiger partial charge in [0.2, 0.25) is 0 Å². The minimum Gasteiger partial charge on any atom is -0.497 e. The number of hydrogen-bond donors (Lipinski definition) is 2. The Kier molecular flexibility index (Phi) is 6.58. The number of methoxy groups -OCH3 is 1. The number of amides is 1. The van der Waals surface area contributed by atoms with Crippen molar-refractivity contribution in [2.45, 2.75) is 18.9 Å². The summed E-state index contributed by atoms with van der Waals surface area (Å²) in [4.78, 5) is 36.3. The number of ether oxygens (including phenoxy) is 1. The van der Waals surface area contributed by atoms with E-state index >= 15 is 0 Å². The van der Waals surface area contributed by atoms with Gasteiger partial charge in [-0.25, -0.2) is 4.79 Å². The van der Waals surface area contributed by atoms with E-state index in [0.717, 1.165) is 22.2 Å². The highest BCUT2D eigenvalue weighted by Crippen LogP contribution is 2.35. The molecule has 3 rings (SSSR count). The second kappa shape index (κ2) is 9.14. The van der Waals surface area contributed by atoms with Crippen molar-refractivity contribution < 1.29 is 33.8 Å². The number of hydrogen-bond acceptors (Lipinski definition) is 7. The van der Waals surface area contributed by atoms with Crippen molar-refractivity contribution in [3.05, 3.63) is 47.1 Å². The number of carbonyl (C=O) groups excluding carboxylic acids is 1. The molecule has 2 aromatic rings. The Morgan fingerprint density at radius 2 is 1.93 bits per heavy atom. The summed E-state index contributed by atoms with van der Waals surface area (Å²) in [6.45, 7) is 0. The van der Waals surface area contributed by atoms with Crippen LogP contribution in [0, 0.1) is 0 Å². The van der Waals surface area contributed by atoms with Gasteiger partial charge in [0.25, 0.3) is 5.91 Å². The van der Waals surface area contributed by atoms with E-state index in [-0.39, 0.29) is 15.6 Å². The lowest BCUT2D eigenvalue weighted by molar-refractivity contribution is -0.146. The second-order valence-corrected chi connectivity index (χ2v) is 7.94. The second-order valence-electron chi connectivity index (χ2n) is 6.27. The number of carboxylic acid groups (broad SMARTS) is 2. The summed E-state index contributed by atoms with van der Waals surface area (Å²) in [6, 6.07) is 9.36. The van der Waals surface area contributed by atoms with Gasteiger partial charge in [0.05, 0.1) is 12.0 Å². The van der Waals surface area contributed by atoms with E-state index in [2.05, 4.69) is 0 Å². The van der Waals surface area contributed by atoms with Crippen LogP contribution < -0.4 is 4.74 Å². The molecular weight excluding hydrogens is 430 g/mol. The summed E-state index contributed by atoms with van der Waals surface area (Å²) in [7, 11) is 1.58. The molecule has 0 aliphatic carbocycles. The Balaban J connectivity index is 1.80. The van der Waals surface area contributed by atoms with Crippen LogP contribution in [0.25, 0.3) is 17.4 Å². The molecule has 1 atom stereocenters. The van der Waals surface area contributed by atoms with Crippen LogP contribution in [-0.4, -0.2) is 50.4 Å². The summed E-state index contributed by atoms with van der Waals surface area (Å²) in [5.41, 5.74) is 0.822. The SMILES string of the molecule is COc1ccc(-c2ccc(/C=C3\SC(=S)N([C@H](CCC(=O)O)C(=O)O)C3=O)o2)cc1. The summed E-state index contributed by atoms with van der Waals surface area (Å²) >= 11 is 6.11. The van der Waals surface area contributed by atoms with E-state index in [9.17, 15) is 19.5 Å². The first-order valence-corrected chi connectivity index (χ1v) is 9.98. The molecule has 0 spiro atoms. The highest BCUT2D eigenvalue weighted by Gasteiger charge is 2.40. The third-order valence-corrected chi connectivity index (χ3v) is 5.66. The van der Waals surface area contributed by atoms with Crippen LogP contribution in [0.15, 0.2) is 45.7 Å². The quantitative estimate of drug-likeness (QED) is 0.463. The van der Waals surface area contributed by atoms with Crippen LogP contribution in [0.4, 0.5) is 0 Å². The molecule has 0 radical (unpaired) electrons. The maximum absolute atomic E-state index is 12.7. The van der Waals surface area contributed by atoms with Crippen molar-refractivity contribution in [1.82, 2.24) is 4.90 Å². The lowest BCUT2D eigenvalue weighted by atomic mass is 10.1. The number of carbonyl (C=O) groups is 3. The lowest BCUT2D eigenvalue weighted by Gasteiger charge is -2.22. The summed E-state index contributed by atoms with van der Waals surface area (Å²) in [5, 5.41) is 18.2. The van der Waals surface area contributed by atoms with E-state index < -0.39 is 30.3 Å². The van der Waals surface area contributed by atoms with Gasteiger partial charge < -0.3 is 19.4 Å². The predicted molar refractivity (Wildman–Crippen MR) is 114 cm³/mol. The van der Waals surface area contributed by atoms with Gasteiger partial charge >= 0.3 is 11.9 Å². The zero-order chi connectivity index (χ0) is 21.8. The van der Waals surface area contributed by atoms with Gasteiger partial charge in [-0.15, -0.1) is 0 Å².